The molecule has 0 saturated carbocycles. The van der Waals surface area contributed by atoms with Crippen LogP contribution in [0.4, 0.5) is 0 Å². The van der Waals surface area contributed by atoms with Gasteiger partial charge in [0, 0.05) is 13.0 Å². The highest BCUT2D eigenvalue weighted by Gasteiger charge is 2.30. The number of likely N-dealkylation sites (tertiary alicyclic amines) is 1. The maximum absolute atomic E-state index is 12.3. The molecule has 5 nitrogen and oxygen atoms in total. The first-order valence-electron chi connectivity index (χ1n) is 10.2. The minimum absolute atomic E-state index is 0.0161. The monoisotopic (exact) mass is 387 g/mol. The van der Waals surface area contributed by atoms with Crippen LogP contribution in [0.2, 0.25) is 0 Å². The zero-order valence-corrected chi connectivity index (χ0v) is 17.2. The lowest BCUT2D eigenvalue weighted by Gasteiger charge is -2.29. The summed E-state index contributed by atoms with van der Waals surface area (Å²) >= 11 is 0. The predicted molar refractivity (Wildman–Crippen MR) is 110 cm³/mol. The van der Waals surface area contributed by atoms with Crippen molar-refractivity contribution in [1.29, 1.82) is 0 Å². The Morgan fingerprint density at radius 2 is 2.00 bits per heavy atom. The Bertz CT molecular complexity index is 693. The van der Waals surface area contributed by atoms with E-state index in [2.05, 4.69) is 20.8 Å². The van der Waals surface area contributed by atoms with Crippen molar-refractivity contribution in [1.82, 2.24) is 4.90 Å². The van der Waals surface area contributed by atoms with Crippen LogP contribution in [0.3, 0.4) is 0 Å². The molecule has 0 radical (unpaired) electrons. The molecule has 0 bridgehead atoms. The molecule has 1 heterocycles. The minimum Gasteiger partial charge on any atom is -0.478 e. The fraction of sp³-hybridized carbons (Fsp3) is 0.565. The zero-order chi connectivity index (χ0) is 20.7. The number of hydrogen-bond donors (Lipinski definition) is 2. The van der Waals surface area contributed by atoms with Gasteiger partial charge in [-0.15, -0.1) is 0 Å². The highest BCUT2D eigenvalue weighted by molar-refractivity contribution is 5.87. The van der Waals surface area contributed by atoms with Gasteiger partial charge in [-0.2, -0.15) is 0 Å². The highest BCUT2D eigenvalue weighted by Crippen LogP contribution is 2.29. The molecule has 0 spiro atoms. The average molecular weight is 388 g/mol. The average Bonchev–Trinajstić information content (AvgIpc) is 3.02. The molecule has 2 rings (SSSR count). The molecule has 154 valence electrons. The van der Waals surface area contributed by atoms with Crippen LogP contribution in [0.25, 0.3) is 0 Å². The highest BCUT2D eigenvalue weighted by atomic mass is 16.4. The predicted octanol–water partition coefficient (Wildman–Crippen LogP) is 4.05. The standard InChI is InChI=1S/C23H33NO4/c1-4-5-15-23(2,3)20(25)12-10-19-11-13-21(26)24(19)16-14-17-6-8-18(9-7-17)22(27)28/h6-10,12,19-20,25H,4-5,11,13-16H2,1-3H3,(H,27,28)/b12-10+/t19?,20-/m1/s1. The van der Waals surface area contributed by atoms with Gasteiger partial charge in [0.05, 0.1) is 17.7 Å². The number of aliphatic hydroxyl groups excluding tert-OH is 1. The number of aromatic carboxylic acids is 1. The van der Waals surface area contributed by atoms with Gasteiger partial charge in [0.1, 0.15) is 0 Å². The van der Waals surface area contributed by atoms with Gasteiger partial charge in [-0.1, -0.05) is 57.9 Å². The van der Waals surface area contributed by atoms with Crippen LogP contribution in [0.15, 0.2) is 36.4 Å². The quantitative estimate of drug-likeness (QED) is 0.594. The molecule has 0 aromatic heterocycles. The third-order valence-electron chi connectivity index (χ3n) is 5.71. The summed E-state index contributed by atoms with van der Waals surface area (Å²) in [4.78, 5) is 25.1. The van der Waals surface area contributed by atoms with Gasteiger partial charge < -0.3 is 15.1 Å². The summed E-state index contributed by atoms with van der Waals surface area (Å²) in [5, 5.41) is 19.5. The summed E-state index contributed by atoms with van der Waals surface area (Å²) in [5.41, 5.74) is 1.10. The van der Waals surface area contributed by atoms with E-state index in [0.29, 0.717) is 19.4 Å². The van der Waals surface area contributed by atoms with E-state index in [1.807, 2.05) is 17.1 Å². The molecule has 1 fully saturated rings. The molecule has 1 aliphatic heterocycles. The molecule has 1 saturated heterocycles. The van der Waals surface area contributed by atoms with Crippen LogP contribution >= 0.6 is 0 Å². The second-order valence-corrected chi connectivity index (χ2v) is 8.37. The number of carbonyl (C=O) groups excluding carboxylic acids is 1. The van der Waals surface area contributed by atoms with Crippen molar-refractivity contribution in [2.75, 3.05) is 6.54 Å². The summed E-state index contributed by atoms with van der Waals surface area (Å²) in [5.74, 6) is -0.802. The molecule has 1 aromatic rings. The Hall–Kier alpha value is -2.14. The van der Waals surface area contributed by atoms with Gasteiger partial charge in [0.25, 0.3) is 0 Å². The lowest BCUT2D eigenvalue weighted by Crippen LogP contribution is -2.34. The summed E-state index contributed by atoms with van der Waals surface area (Å²) < 4.78 is 0. The van der Waals surface area contributed by atoms with Crippen molar-refractivity contribution in [3.05, 3.63) is 47.5 Å². The van der Waals surface area contributed by atoms with E-state index in [1.54, 1.807) is 24.3 Å². The molecule has 1 unspecified atom stereocenters. The normalized spacial score (nSPS) is 18.8. The van der Waals surface area contributed by atoms with Crippen LogP contribution in [-0.4, -0.2) is 45.7 Å². The van der Waals surface area contributed by atoms with Gasteiger partial charge in [-0.05, 0) is 42.4 Å². The number of carboxylic acids is 1. The van der Waals surface area contributed by atoms with Gasteiger partial charge in [0.15, 0.2) is 0 Å². The molecular formula is C23H33NO4. The maximum atomic E-state index is 12.3. The fourth-order valence-electron chi connectivity index (χ4n) is 3.58. The molecule has 1 aromatic carbocycles. The van der Waals surface area contributed by atoms with Crippen LogP contribution in [0, 0.1) is 5.41 Å². The van der Waals surface area contributed by atoms with Gasteiger partial charge in [-0.25, -0.2) is 4.79 Å². The third kappa shape index (κ3) is 5.93. The number of carboxylic acid groups (broad SMARTS) is 1. The molecule has 1 aliphatic rings. The third-order valence-corrected chi connectivity index (χ3v) is 5.71. The number of aliphatic hydroxyl groups is 1. The number of rotatable bonds is 10. The Morgan fingerprint density at radius 3 is 2.61 bits per heavy atom. The SMILES string of the molecule is CCCCC(C)(C)[C@H](O)/C=C/C1CCC(=O)N1CCc1ccc(C(=O)O)cc1. The van der Waals surface area contributed by atoms with E-state index < -0.39 is 12.1 Å². The fourth-order valence-corrected chi connectivity index (χ4v) is 3.58. The first kappa shape index (κ1) is 22.2. The molecule has 2 N–H and O–H groups in total. The number of benzene rings is 1. The van der Waals surface area contributed by atoms with E-state index >= 15 is 0 Å². The van der Waals surface area contributed by atoms with Crippen molar-refractivity contribution in [3.8, 4) is 0 Å². The van der Waals surface area contributed by atoms with E-state index in [4.69, 9.17) is 5.11 Å². The van der Waals surface area contributed by atoms with Crippen LogP contribution in [-0.2, 0) is 11.2 Å². The maximum Gasteiger partial charge on any atom is 0.335 e. The minimum atomic E-state index is -0.938. The number of hydrogen-bond acceptors (Lipinski definition) is 3. The smallest absolute Gasteiger partial charge is 0.335 e. The summed E-state index contributed by atoms with van der Waals surface area (Å²) in [6.07, 6.45) is 8.46. The lowest BCUT2D eigenvalue weighted by atomic mass is 9.81. The Morgan fingerprint density at radius 1 is 1.32 bits per heavy atom. The first-order valence-corrected chi connectivity index (χ1v) is 10.2. The van der Waals surface area contributed by atoms with Crippen LogP contribution < -0.4 is 0 Å². The Balaban J connectivity index is 1.95. The Kier molecular flexibility index (Phi) is 7.81. The van der Waals surface area contributed by atoms with Gasteiger partial charge in [-0.3, -0.25) is 4.79 Å². The van der Waals surface area contributed by atoms with Gasteiger partial charge in [0.2, 0.25) is 5.91 Å². The van der Waals surface area contributed by atoms with Crippen molar-refractivity contribution >= 4 is 11.9 Å². The van der Waals surface area contributed by atoms with Crippen molar-refractivity contribution in [3.63, 3.8) is 0 Å². The van der Waals surface area contributed by atoms with Crippen molar-refractivity contribution in [2.24, 2.45) is 5.41 Å². The molecule has 28 heavy (non-hydrogen) atoms. The summed E-state index contributed by atoms with van der Waals surface area (Å²) in [7, 11) is 0. The van der Waals surface area contributed by atoms with Gasteiger partial charge >= 0.3 is 5.97 Å². The second-order valence-electron chi connectivity index (χ2n) is 8.37. The summed E-state index contributed by atoms with van der Waals surface area (Å²) in [6, 6.07) is 6.80. The van der Waals surface area contributed by atoms with E-state index in [0.717, 1.165) is 31.2 Å². The van der Waals surface area contributed by atoms with E-state index in [-0.39, 0.29) is 22.9 Å². The van der Waals surface area contributed by atoms with Crippen molar-refractivity contribution < 1.29 is 19.8 Å². The number of carbonyl (C=O) groups is 2. The first-order chi connectivity index (χ1) is 13.2. The molecule has 1 amide bonds. The van der Waals surface area contributed by atoms with Crippen LogP contribution in [0.5, 0.6) is 0 Å². The van der Waals surface area contributed by atoms with Crippen molar-refractivity contribution in [2.45, 2.75) is 71.4 Å². The lowest BCUT2D eigenvalue weighted by molar-refractivity contribution is -0.128. The zero-order valence-electron chi connectivity index (χ0n) is 17.2. The largest absolute Gasteiger partial charge is 0.478 e. The summed E-state index contributed by atoms with van der Waals surface area (Å²) in [6.45, 7) is 6.90. The van der Waals surface area contributed by atoms with Crippen LogP contribution in [0.1, 0.15) is 68.8 Å². The topological polar surface area (TPSA) is 77.8 Å². The number of unbranched alkanes of at least 4 members (excludes halogenated alkanes) is 1. The molecule has 5 heteroatoms. The van der Waals surface area contributed by atoms with E-state index in [1.165, 1.54) is 0 Å². The van der Waals surface area contributed by atoms with E-state index in [9.17, 15) is 14.7 Å². The number of nitrogens with zero attached hydrogens (tertiary/aromatic N) is 1. The Labute approximate surface area is 168 Å². The number of amides is 1. The molecule has 2 atom stereocenters. The molecule has 0 aliphatic carbocycles. The second kappa shape index (κ2) is 9.87. The molecular weight excluding hydrogens is 354 g/mol.